The highest BCUT2D eigenvalue weighted by Crippen LogP contribution is 2.14. The monoisotopic (exact) mass is 342 g/mol. The summed E-state index contributed by atoms with van der Waals surface area (Å²) in [5, 5.41) is 5.04. The molecule has 0 aliphatic carbocycles. The first-order valence-corrected chi connectivity index (χ1v) is 8.86. The van der Waals surface area contributed by atoms with Crippen LogP contribution in [0.3, 0.4) is 0 Å². The van der Waals surface area contributed by atoms with Crippen LogP contribution in [0, 0.1) is 0 Å². The van der Waals surface area contributed by atoms with Crippen molar-refractivity contribution in [2.24, 2.45) is 0 Å². The smallest absolute Gasteiger partial charge is 0.226 e. The second-order valence-electron chi connectivity index (χ2n) is 6.24. The highest BCUT2D eigenvalue weighted by molar-refractivity contribution is 7.15. The van der Waals surface area contributed by atoms with Gasteiger partial charge in [-0.1, -0.05) is 12.1 Å². The summed E-state index contributed by atoms with van der Waals surface area (Å²) >= 11 is 1.57. The number of aromatic nitrogens is 2. The maximum atomic E-state index is 12.2. The second kappa shape index (κ2) is 7.05. The van der Waals surface area contributed by atoms with E-state index < -0.39 is 0 Å². The van der Waals surface area contributed by atoms with Crippen molar-refractivity contribution in [3.05, 3.63) is 53.3 Å². The Morgan fingerprint density at radius 1 is 1.33 bits per heavy atom. The summed E-state index contributed by atoms with van der Waals surface area (Å²) in [6.07, 6.45) is 5.00. The van der Waals surface area contributed by atoms with E-state index >= 15 is 0 Å². The fraction of sp³-hybridized carbons (Fsp3) is 0.333. The SMILES string of the molecule is C[C@H](Cc1ccc(N(C)C)cc1)NC(=O)Cc1cn2ccsc2n1. The van der Waals surface area contributed by atoms with Gasteiger partial charge in [0.25, 0.3) is 0 Å². The molecule has 2 heterocycles. The van der Waals surface area contributed by atoms with E-state index in [0.717, 1.165) is 17.1 Å². The van der Waals surface area contributed by atoms with Gasteiger partial charge >= 0.3 is 0 Å². The molecule has 3 rings (SSSR count). The Kier molecular flexibility index (Phi) is 4.85. The number of carbonyl (C=O) groups excluding carboxylic acids is 1. The molecule has 0 aliphatic heterocycles. The Labute approximate surface area is 145 Å². The number of benzene rings is 1. The summed E-state index contributed by atoms with van der Waals surface area (Å²) in [6, 6.07) is 8.51. The van der Waals surface area contributed by atoms with Gasteiger partial charge in [0.2, 0.25) is 5.91 Å². The number of fused-ring (bicyclic) bond motifs is 1. The summed E-state index contributed by atoms with van der Waals surface area (Å²) in [7, 11) is 4.05. The Bertz CT molecular complexity index is 791. The normalized spacial score (nSPS) is 12.3. The second-order valence-corrected chi connectivity index (χ2v) is 7.11. The Morgan fingerprint density at radius 2 is 2.08 bits per heavy atom. The van der Waals surface area contributed by atoms with Crippen molar-refractivity contribution in [3.63, 3.8) is 0 Å². The number of rotatable bonds is 6. The molecule has 6 heteroatoms. The molecule has 24 heavy (non-hydrogen) atoms. The van der Waals surface area contributed by atoms with Gasteiger partial charge in [0, 0.05) is 43.6 Å². The van der Waals surface area contributed by atoms with Crippen molar-refractivity contribution in [2.75, 3.05) is 19.0 Å². The van der Waals surface area contributed by atoms with Crippen molar-refractivity contribution >= 4 is 27.9 Å². The molecule has 126 valence electrons. The van der Waals surface area contributed by atoms with Gasteiger partial charge in [0.05, 0.1) is 12.1 Å². The van der Waals surface area contributed by atoms with Crippen LogP contribution in [-0.4, -0.2) is 35.4 Å². The zero-order chi connectivity index (χ0) is 17.1. The first-order valence-electron chi connectivity index (χ1n) is 7.98. The fourth-order valence-corrected chi connectivity index (χ4v) is 3.41. The van der Waals surface area contributed by atoms with Crippen LogP contribution in [-0.2, 0) is 17.6 Å². The van der Waals surface area contributed by atoms with Gasteiger partial charge < -0.3 is 10.2 Å². The van der Waals surface area contributed by atoms with Gasteiger partial charge in [-0.15, -0.1) is 11.3 Å². The first kappa shape index (κ1) is 16.5. The molecule has 0 fully saturated rings. The molecule has 0 spiro atoms. The number of thiazole rings is 1. The molecule has 0 bridgehead atoms. The molecule has 0 radical (unpaired) electrons. The number of amides is 1. The third-order valence-electron chi connectivity index (χ3n) is 3.89. The molecule has 1 aromatic carbocycles. The maximum Gasteiger partial charge on any atom is 0.226 e. The van der Waals surface area contributed by atoms with E-state index in [1.165, 1.54) is 11.3 Å². The van der Waals surface area contributed by atoms with E-state index in [4.69, 9.17) is 0 Å². The lowest BCUT2D eigenvalue weighted by Crippen LogP contribution is -2.35. The van der Waals surface area contributed by atoms with Crippen LogP contribution in [0.5, 0.6) is 0 Å². The Hall–Kier alpha value is -2.34. The zero-order valence-electron chi connectivity index (χ0n) is 14.2. The average molecular weight is 342 g/mol. The predicted octanol–water partition coefficient (Wildman–Crippen LogP) is 2.75. The van der Waals surface area contributed by atoms with Crippen LogP contribution in [0.2, 0.25) is 0 Å². The topological polar surface area (TPSA) is 49.6 Å². The zero-order valence-corrected chi connectivity index (χ0v) is 15.0. The number of hydrogen-bond donors (Lipinski definition) is 1. The van der Waals surface area contributed by atoms with Gasteiger partial charge in [0.1, 0.15) is 0 Å². The van der Waals surface area contributed by atoms with Crippen molar-refractivity contribution in [1.82, 2.24) is 14.7 Å². The highest BCUT2D eigenvalue weighted by Gasteiger charge is 2.11. The minimum absolute atomic E-state index is 0.0122. The average Bonchev–Trinajstić information content (AvgIpc) is 3.08. The van der Waals surface area contributed by atoms with Crippen LogP contribution in [0.4, 0.5) is 5.69 Å². The predicted molar refractivity (Wildman–Crippen MR) is 98.9 cm³/mol. The molecular weight excluding hydrogens is 320 g/mol. The molecule has 0 unspecified atom stereocenters. The van der Waals surface area contributed by atoms with Crippen LogP contribution < -0.4 is 10.2 Å². The summed E-state index contributed by atoms with van der Waals surface area (Å²) in [5.41, 5.74) is 3.20. The number of nitrogens with zero attached hydrogens (tertiary/aromatic N) is 3. The Balaban J connectivity index is 1.52. The summed E-state index contributed by atoms with van der Waals surface area (Å²) in [5.74, 6) is 0.0122. The molecule has 3 aromatic rings. The van der Waals surface area contributed by atoms with E-state index in [1.807, 2.05) is 43.2 Å². The number of anilines is 1. The highest BCUT2D eigenvalue weighted by atomic mass is 32.1. The summed E-state index contributed by atoms with van der Waals surface area (Å²) < 4.78 is 1.95. The van der Waals surface area contributed by atoms with Crippen LogP contribution in [0.1, 0.15) is 18.2 Å². The van der Waals surface area contributed by atoms with Gasteiger partial charge in [-0.2, -0.15) is 0 Å². The summed E-state index contributed by atoms with van der Waals surface area (Å²) in [4.78, 5) is 19.6. The van der Waals surface area contributed by atoms with E-state index in [-0.39, 0.29) is 11.9 Å². The molecule has 5 nitrogen and oxygen atoms in total. The standard InChI is InChI=1S/C18H22N4OS/c1-13(10-14-4-6-16(7-5-14)21(2)3)19-17(23)11-15-12-22-8-9-24-18(22)20-15/h4-9,12-13H,10-11H2,1-3H3,(H,19,23)/t13-/m1/s1. The van der Waals surface area contributed by atoms with E-state index in [2.05, 4.69) is 39.5 Å². The largest absolute Gasteiger partial charge is 0.378 e. The van der Waals surface area contributed by atoms with Crippen molar-refractivity contribution < 1.29 is 4.79 Å². The number of carbonyl (C=O) groups is 1. The van der Waals surface area contributed by atoms with E-state index in [0.29, 0.717) is 6.42 Å². The number of hydrogen-bond acceptors (Lipinski definition) is 4. The van der Waals surface area contributed by atoms with Crippen molar-refractivity contribution in [3.8, 4) is 0 Å². The van der Waals surface area contributed by atoms with Crippen LogP contribution >= 0.6 is 11.3 Å². The molecular formula is C18H22N4OS. The molecule has 1 N–H and O–H groups in total. The lowest BCUT2D eigenvalue weighted by Gasteiger charge is -2.16. The lowest BCUT2D eigenvalue weighted by atomic mass is 10.1. The van der Waals surface area contributed by atoms with Crippen LogP contribution in [0.15, 0.2) is 42.0 Å². The Morgan fingerprint density at radius 3 is 2.75 bits per heavy atom. The van der Waals surface area contributed by atoms with Crippen molar-refractivity contribution in [2.45, 2.75) is 25.8 Å². The van der Waals surface area contributed by atoms with E-state index in [1.54, 1.807) is 11.3 Å². The fourth-order valence-electron chi connectivity index (χ4n) is 2.69. The molecule has 1 amide bonds. The van der Waals surface area contributed by atoms with E-state index in [9.17, 15) is 4.79 Å². The van der Waals surface area contributed by atoms with Gasteiger partial charge in [-0.25, -0.2) is 4.98 Å². The third-order valence-corrected chi connectivity index (χ3v) is 4.66. The quantitative estimate of drug-likeness (QED) is 0.749. The summed E-state index contributed by atoms with van der Waals surface area (Å²) in [6.45, 7) is 2.03. The van der Waals surface area contributed by atoms with Gasteiger partial charge in [0.15, 0.2) is 4.96 Å². The minimum Gasteiger partial charge on any atom is -0.378 e. The van der Waals surface area contributed by atoms with Crippen LogP contribution in [0.25, 0.3) is 4.96 Å². The third kappa shape index (κ3) is 3.94. The molecule has 0 aliphatic rings. The first-order chi connectivity index (χ1) is 11.5. The van der Waals surface area contributed by atoms with Gasteiger partial charge in [-0.3, -0.25) is 9.20 Å². The molecule has 0 saturated heterocycles. The minimum atomic E-state index is 0.0122. The molecule has 1 atom stereocenters. The molecule has 0 saturated carbocycles. The number of nitrogens with one attached hydrogen (secondary N) is 1. The molecule has 2 aromatic heterocycles. The van der Waals surface area contributed by atoms with Gasteiger partial charge in [-0.05, 0) is 31.0 Å². The maximum absolute atomic E-state index is 12.2. The number of imidazole rings is 1. The lowest BCUT2D eigenvalue weighted by molar-refractivity contribution is -0.121. The van der Waals surface area contributed by atoms with Crippen molar-refractivity contribution in [1.29, 1.82) is 0 Å².